The second kappa shape index (κ2) is 5.97. The van der Waals surface area contributed by atoms with Crippen molar-refractivity contribution in [2.75, 3.05) is 13.1 Å². The van der Waals surface area contributed by atoms with Gasteiger partial charge in [0, 0.05) is 13.1 Å². The van der Waals surface area contributed by atoms with E-state index in [1.165, 1.54) is 0 Å². The number of imide groups is 1. The monoisotopic (exact) mass is 243 g/mol. The van der Waals surface area contributed by atoms with E-state index >= 15 is 0 Å². The molecule has 3 atom stereocenters. The minimum absolute atomic E-state index is 0.188. The van der Waals surface area contributed by atoms with Gasteiger partial charge in [-0.2, -0.15) is 0 Å². The quantitative estimate of drug-likeness (QED) is 0.632. The molecule has 3 unspecified atom stereocenters. The van der Waals surface area contributed by atoms with Crippen molar-refractivity contribution in [3.05, 3.63) is 0 Å². The van der Waals surface area contributed by atoms with Gasteiger partial charge in [0.2, 0.25) is 5.91 Å². The van der Waals surface area contributed by atoms with Crippen LogP contribution in [0.5, 0.6) is 0 Å². The summed E-state index contributed by atoms with van der Waals surface area (Å²) >= 11 is 0. The van der Waals surface area contributed by atoms with Crippen molar-refractivity contribution in [3.63, 3.8) is 0 Å². The number of likely N-dealkylation sites (tertiary alicyclic amines) is 1. The van der Waals surface area contributed by atoms with Crippen molar-refractivity contribution in [1.82, 2.24) is 10.2 Å². The lowest BCUT2D eigenvalue weighted by Crippen LogP contribution is -2.53. The number of hydrogen-bond donors (Lipinski definition) is 3. The normalized spacial score (nSPS) is 27.5. The molecule has 6 heteroatoms. The molecule has 0 spiro atoms. The average molecular weight is 243 g/mol. The van der Waals surface area contributed by atoms with Crippen LogP contribution in [0, 0.1) is 5.92 Å². The van der Waals surface area contributed by atoms with Crippen molar-refractivity contribution in [2.45, 2.75) is 38.8 Å². The zero-order valence-electron chi connectivity index (χ0n) is 10.3. The summed E-state index contributed by atoms with van der Waals surface area (Å²) in [6.07, 6.45) is 1.25. The SMILES string of the molecule is CCC1CN(C(C)C(=O)NC(N)=O)CCC1O. The first kappa shape index (κ1) is 13.9. The molecule has 1 rings (SSSR count). The van der Waals surface area contributed by atoms with Gasteiger partial charge in [0.05, 0.1) is 12.1 Å². The Bertz CT molecular complexity index is 296. The maximum atomic E-state index is 11.6. The van der Waals surface area contributed by atoms with E-state index in [1.807, 2.05) is 11.8 Å². The first-order valence-electron chi connectivity index (χ1n) is 5.98. The second-order valence-electron chi connectivity index (χ2n) is 4.55. The number of hydrogen-bond acceptors (Lipinski definition) is 4. The van der Waals surface area contributed by atoms with Gasteiger partial charge in [-0.25, -0.2) is 4.79 Å². The molecule has 0 aromatic rings. The molecule has 3 amide bonds. The fraction of sp³-hybridized carbons (Fsp3) is 0.818. The molecular weight excluding hydrogens is 222 g/mol. The van der Waals surface area contributed by atoms with Crippen LogP contribution < -0.4 is 11.1 Å². The minimum Gasteiger partial charge on any atom is -0.393 e. The lowest BCUT2D eigenvalue weighted by atomic mass is 9.91. The number of nitrogens with one attached hydrogen (secondary N) is 1. The van der Waals surface area contributed by atoms with Crippen LogP contribution in [0.4, 0.5) is 4.79 Å². The summed E-state index contributed by atoms with van der Waals surface area (Å²) in [6.45, 7) is 5.09. The van der Waals surface area contributed by atoms with Gasteiger partial charge in [0.25, 0.3) is 0 Å². The van der Waals surface area contributed by atoms with Crippen LogP contribution in [-0.4, -0.2) is 47.2 Å². The highest BCUT2D eigenvalue weighted by Crippen LogP contribution is 2.21. The molecule has 1 heterocycles. The molecule has 17 heavy (non-hydrogen) atoms. The standard InChI is InChI=1S/C11H21N3O3/c1-3-8-6-14(5-4-9(8)15)7(2)10(16)13-11(12)17/h7-9,15H,3-6H2,1-2H3,(H3,12,13,16,17). The number of aliphatic hydroxyl groups is 1. The molecule has 0 saturated carbocycles. The summed E-state index contributed by atoms with van der Waals surface area (Å²) in [5, 5.41) is 11.8. The van der Waals surface area contributed by atoms with Crippen molar-refractivity contribution in [2.24, 2.45) is 11.7 Å². The van der Waals surface area contributed by atoms with Gasteiger partial charge >= 0.3 is 6.03 Å². The van der Waals surface area contributed by atoms with E-state index in [0.717, 1.165) is 6.42 Å². The van der Waals surface area contributed by atoms with E-state index in [0.29, 0.717) is 19.5 Å². The Morgan fingerprint density at radius 3 is 2.76 bits per heavy atom. The molecule has 1 aliphatic rings. The number of urea groups is 1. The van der Waals surface area contributed by atoms with E-state index < -0.39 is 12.1 Å². The molecule has 0 radical (unpaired) electrons. The lowest BCUT2D eigenvalue weighted by Gasteiger charge is -2.38. The van der Waals surface area contributed by atoms with Gasteiger partial charge < -0.3 is 10.8 Å². The third kappa shape index (κ3) is 3.67. The highest BCUT2D eigenvalue weighted by Gasteiger charge is 2.31. The maximum absolute atomic E-state index is 11.6. The molecule has 1 saturated heterocycles. The number of rotatable bonds is 3. The molecule has 98 valence electrons. The van der Waals surface area contributed by atoms with Crippen molar-refractivity contribution in [3.8, 4) is 0 Å². The summed E-state index contributed by atoms with van der Waals surface area (Å²) in [5.74, 6) is -0.198. The van der Waals surface area contributed by atoms with Crippen molar-refractivity contribution >= 4 is 11.9 Å². The summed E-state index contributed by atoms with van der Waals surface area (Å²) in [5.41, 5.74) is 4.91. The Kier molecular flexibility index (Phi) is 4.89. The Hall–Kier alpha value is -1.14. The van der Waals surface area contributed by atoms with Gasteiger partial charge in [0.15, 0.2) is 0 Å². The predicted molar refractivity (Wildman–Crippen MR) is 63.2 cm³/mol. The van der Waals surface area contributed by atoms with Crippen LogP contribution in [-0.2, 0) is 4.79 Å². The molecular formula is C11H21N3O3. The van der Waals surface area contributed by atoms with Crippen LogP contribution in [0.2, 0.25) is 0 Å². The maximum Gasteiger partial charge on any atom is 0.318 e. The number of piperidine rings is 1. The predicted octanol–water partition coefficient (Wildman–Crippen LogP) is -0.337. The number of carbonyl (C=O) groups is 2. The molecule has 1 aliphatic heterocycles. The van der Waals surface area contributed by atoms with E-state index in [2.05, 4.69) is 5.32 Å². The van der Waals surface area contributed by atoms with Gasteiger partial charge in [-0.05, 0) is 25.7 Å². The van der Waals surface area contributed by atoms with Crippen LogP contribution in [0.1, 0.15) is 26.7 Å². The zero-order chi connectivity index (χ0) is 13.0. The van der Waals surface area contributed by atoms with E-state index in [-0.39, 0.29) is 17.9 Å². The van der Waals surface area contributed by atoms with Crippen LogP contribution in [0.15, 0.2) is 0 Å². The second-order valence-corrected chi connectivity index (χ2v) is 4.55. The Morgan fingerprint density at radius 1 is 1.59 bits per heavy atom. The van der Waals surface area contributed by atoms with E-state index in [1.54, 1.807) is 6.92 Å². The summed E-state index contributed by atoms with van der Waals surface area (Å²) in [4.78, 5) is 24.2. The van der Waals surface area contributed by atoms with Gasteiger partial charge in [-0.1, -0.05) is 6.92 Å². The lowest BCUT2D eigenvalue weighted by molar-refractivity contribution is -0.126. The first-order chi connectivity index (χ1) is 7.95. The fourth-order valence-electron chi connectivity index (χ4n) is 2.19. The molecule has 0 aromatic heterocycles. The smallest absolute Gasteiger partial charge is 0.318 e. The molecule has 1 fully saturated rings. The van der Waals surface area contributed by atoms with Gasteiger partial charge in [-0.15, -0.1) is 0 Å². The van der Waals surface area contributed by atoms with Crippen LogP contribution in [0.3, 0.4) is 0 Å². The molecule has 0 aromatic carbocycles. The first-order valence-corrected chi connectivity index (χ1v) is 5.98. The highest BCUT2D eigenvalue weighted by molar-refractivity contribution is 5.96. The van der Waals surface area contributed by atoms with Gasteiger partial charge in [0.1, 0.15) is 0 Å². The molecule has 0 bridgehead atoms. The number of aliphatic hydroxyl groups excluding tert-OH is 1. The summed E-state index contributed by atoms with van der Waals surface area (Å²) < 4.78 is 0. The van der Waals surface area contributed by atoms with Crippen molar-refractivity contribution in [1.29, 1.82) is 0 Å². The van der Waals surface area contributed by atoms with Gasteiger partial charge in [-0.3, -0.25) is 15.0 Å². The van der Waals surface area contributed by atoms with E-state index in [4.69, 9.17) is 5.73 Å². The number of nitrogens with zero attached hydrogens (tertiary/aromatic N) is 1. The van der Waals surface area contributed by atoms with Crippen LogP contribution >= 0.6 is 0 Å². The van der Waals surface area contributed by atoms with E-state index in [9.17, 15) is 14.7 Å². The molecule has 0 aliphatic carbocycles. The largest absolute Gasteiger partial charge is 0.393 e. The molecule has 6 nitrogen and oxygen atoms in total. The Balaban J connectivity index is 2.55. The average Bonchev–Trinajstić information content (AvgIpc) is 2.27. The Labute approximate surface area is 101 Å². The zero-order valence-corrected chi connectivity index (χ0v) is 10.3. The minimum atomic E-state index is -0.828. The Morgan fingerprint density at radius 2 is 2.24 bits per heavy atom. The number of amides is 3. The van der Waals surface area contributed by atoms with Crippen molar-refractivity contribution < 1.29 is 14.7 Å². The number of primary amides is 1. The number of nitrogens with two attached hydrogens (primary N) is 1. The summed E-state index contributed by atoms with van der Waals surface area (Å²) in [7, 11) is 0. The molecule has 4 N–H and O–H groups in total. The third-order valence-corrected chi connectivity index (χ3v) is 3.42. The van der Waals surface area contributed by atoms with Crippen LogP contribution in [0.25, 0.3) is 0 Å². The number of carbonyl (C=O) groups excluding carboxylic acids is 2. The highest BCUT2D eigenvalue weighted by atomic mass is 16.3. The third-order valence-electron chi connectivity index (χ3n) is 3.42. The fourth-order valence-corrected chi connectivity index (χ4v) is 2.19. The summed E-state index contributed by atoms with van der Waals surface area (Å²) in [6, 6.07) is -1.23. The topological polar surface area (TPSA) is 95.7 Å².